The van der Waals surface area contributed by atoms with E-state index in [1.165, 1.54) is 12.1 Å². The van der Waals surface area contributed by atoms with Crippen LogP contribution in [0.2, 0.25) is 0 Å². The summed E-state index contributed by atoms with van der Waals surface area (Å²) in [7, 11) is 0. The Morgan fingerprint density at radius 1 is 0.731 bits per heavy atom. The van der Waals surface area contributed by atoms with E-state index in [9.17, 15) is 19.8 Å². The fourth-order valence-corrected chi connectivity index (χ4v) is 3.53. The topological polar surface area (TPSA) is 81.1 Å². The first-order valence-electron chi connectivity index (χ1n) is 7.92. The fraction of sp³-hybridized carbons (Fsp3) is 0.222. The predicted octanol–water partition coefficient (Wildman–Crippen LogP) is 3.22. The highest BCUT2D eigenvalue weighted by Crippen LogP contribution is 2.26. The van der Waals surface area contributed by atoms with Crippen molar-refractivity contribution in [3.8, 4) is 11.5 Å². The molecule has 0 bridgehead atoms. The van der Waals surface area contributed by atoms with Gasteiger partial charge in [0, 0.05) is 35.1 Å². The number of amides is 2. The largest absolute Gasteiger partial charge is 0.507 e. The molecule has 26 heavy (non-hydrogen) atoms. The van der Waals surface area contributed by atoms with Crippen molar-refractivity contribution in [3.63, 3.8) is 0 Å². The molecule has 6 nitrogen and oxygen atoms in total. The molecule has 0 radical (unpaired) electrons. The second-order valence-corrected chi connectivity index (χ2v) is 7.74. The molecule has 0 saturated carbocycles. The summed E-state index contributed by atoms with van der Waals surface area (Å²) >= 11 is 6.59. The van der Waals surface area contributed by atoms with Gasteiger partial charge in [0.1, 0.15) is 11.5 Å². The third kappa shape index (κ3) is 3.86. The maximum atomic E-state index is 12.6. The van der Waals surface area contributed by atoms with Gasteiger partial charge in [-0.2, -0.15) is 0 Å². The average molecular weight is 484 g/mol. The smallest absolute Gasteiger partial charge is 0.257 e. The van der Waals surface area contributed by atoms with Crippen LogP contribution in [0.15, 0.2) is 45.3 Å². The highest BCUT2D eigenvalue weighted by molar-refractivity contribution is 9.10. The number of carbonyl (C=O) groups is 2. The van der Waals surface area contributed by atoms with Gasteiger partial charge in [-0.25, -0.2) is 0 Å². The minimum Gasteiger partial charge on any atom is -0.507 e. The number of phenols is 2. The van der Waals surface area contributed by atoms with Crippen LogP contribution in [0.1, 0.15) is 20.7 Å². The molecule has 2 aromatic carbocycles. The Bertz CT molecular complexity index is 793. The molecule has 0 spiro atoms. The lowest BCUT2D eigenvalue weighted by atomic mass is 10.1. The van der Waals surface area contributed by atoms with Crippen LogP contribution in [0.5, 0.6) is 11.5 Å². The van der Waals surface area contributed by atoms with Crippen molar-refractivity contribution in [2.24, 2.45) is 0 Å². The van der Waals surface area contributed by atoms with Crippen molar-refractivity contribution >= 4 is 43.7 Å². The highest BCUT2D eigenvalue weighted by atomic mass is 79.9. The molecule has 0 atom stereocenters. The van der Waals surface area contributed by atoms with Crippen LogP contribution in [0.25, 0.3) is 0 Å². The van der Waals surface area contributed by atoms with Crippen LogP contribution >= 0.6 is 31.9 Å². The van der Waals surface area contributed by atoms with Gasteiger partial charge in [0.2, 0.25) is 0 Å². The number of aromatic hydroxyl groups is 2. The lowest BCUT2D eigenvalue weighted by molar-refractivity contribution is 0.0532. The Morgan fingerprint density at radius 2 is 1.08 bits per heavy atom. The Hall–Kier alpha value is -2.06. The normalized spacial score (nSPS) is 14.4. The molecule has 2 aromatic rings. The van der Waals surface area contributed by atoms with E-state index in [1.807, 2.05) is 0 Å². The maximum absolute atomic E-state index is 12.6. The van der Waals surface area contributed by atoms with Crippen LogP contribution in [-0.2, 0) is 0 Å². The number of benzene rings is 2. The van der Waals surface area contributed by atoms with Gasteiger partial charge in [0.15, 0.2) is 0 Å². The monoisotopic (exact) mass is 482 g/mol. The third-order valence-electron chi connectivity index (χ3n) is 4.23. The van der Waals surface area contributed by atoms with Crippen LogP contribution in [0.4, 0.5) is 0 Å². The van der Waals surface area contributed by atoms with Crippen LogP contribution in [0, 0.1) is 0 Å². The minimum absolute atomic E-state index is 0.0734. The number of nitrogens with zero attached hydrogens (tertiary/aromatic N) is 2. The molecule has 8 heteroatoms. The number of carbonyl (C=O) groups excluding carboxylic acids is 2. The maximum Gasteiger partial charge on any atom is 0.257 e. The third-order valence-corrected chi connectivity index (χ3v) is 5.22. The minimum atomic E-state index is -0.277. The Labute approximate surface area is 167 Å². The summed E-state index contributed by atoms with van der Waals surface area (Å²) in [6, 6.07) is 9.41. The Balaban J connectivity index is 1.69. The number of hydrogen-bond donors (Lipinski definition) is 2. The number of hydrogen-bond acceptors (Lipinski definition) is 4. The zero-order valence-corrected chi connectivity index (χ0v) is 16.8. The number of phenolic OH excluding ortho intramolecular Hbond substituents is 2. The first-order chi connectivity index (χ1) is 12.4. The zero-order valence-electron chi connectivity index (χ0n) is 13.7. The molecule has 136 valence electrons. The van der Waals surface area contributed by atoms with Gasteiger partial charge in [-0.3, -0.25) is 9.59 Å². The van der Waals surface area contributed by atoms with Crippen LogP contribution in [0.3, 0.4) is 0 Å². The first-order valence-corrected chi connectivity index (χ1v) is 9.51. The standard InChI is InChI=1S/C18H16Br2N2O4/c19-11-1-3-15(23)13(9-11)17(25)21-5-7-22(8-6-21)18(26)14-10-12(20)2-4-16(14)24/h1-4,9-10,23-24H,5-8H2. The van der Waals surface area contributed by atoms with E-state index in [0.717, 1.165) is 0 Å². The molecule has 1 heterocycles. The van der Waals surface area contributed by atoms with E-state index in [0.29, 0.717) is 35.1 Å². The number of halogens is 2. The van der Waals surface area contributed by atoms with Crippen LogP contribution in [-0.4, -0.2) is 58.0 Å². The molecular weight excluding hydrogens is 468 g/mol. The molecule has 1 aliphatic rings. The molecule has 1 fully saturated rings. The van der Waals surface area contributed by atoms with Gasteiger partial charge >= 0.3 is 0 Å². The van der Waals surface area contributed by atoms with E-state index in [4.69, 9.17) is 0 Å². The highest BCUT2D eigenvalue weighted by Gasteiger charge is 2.27. The van der Waals surface area contributed by atoms with Crippen molar-refractivity contribution in [2.75, 3.05) is 26.2 Å². The second-order valence-electron chi connectivity index (χ2n) is 5.91. The molecule has 0 aromatic heterocycles. The van der Waals surface area contributed by atoms with Gasteiger partial charge in [-0.1, -0.05) is 31.9 Å². The van der Waals surface area contributed by atoms with E-state index in [1.54, 1.807) is 34.1 Å². The first kappa shape index (κ1) is 18.7. The lowest BCUT2D eigenvalue weighted by Gasteiger charge is -2.35. The van der Waals surface area contributed by atoms with E-state index in [2.05, 4.69) is 31.9 Å². The van der Waals surface area contributed by atoms with Gasteiger partial charge < -0.3 is 20.0 Å². The van der Waals surface area contributed by atoms with Crippen molar-refractivity contribution < 1.29 is 19.8 Å². The molecule has 2 amide bonds. The summed E-state index contributed by atoms with van der Waals surface area (Å²) in [6.45, 7) is 1.41. The summed E-state index contributed by atoms with van der Waals surface area (Å²) in [5, 5.41) is 19.8. The lowest BCUT2D eigenvalue weighted by Crippen LogP contribution is -2.50. The van der Waals surface area contributed by atoms with Crippen molar-refractivity contribution in [3.05, 3.63) is 56.5 Å². The molecule has 1 saturated heterocycles. The number of piperazine rings is 1. The second kappa shape index (κ2) is 7.67. The zero-order chi connectivity index (χ0) is 18.8. The molecular formula is C18H16Br2N2O4. The summed E-state index contributed by atoms with van der Waals surface area (Å²) < 4.78 is 1.41. The summed E-state index contributed by atoms with van der Waals surface area (Å²) in [5.41, 5.74) is 0.451. The molecule has 1 aliphatic heterocycles. The van der Waals surface area contributed by atoms with Gasteiger partial charge in [0.25, 0.3) is 11.8 Å². The van der Waals surface area contributed by atoms with Gasteiger partial charge in [-0.15, -0.1) is 0 Å². The molecule has 2 N–H and O–H groups in total. The van der Waals surface area contributed by atoms with Gasteiger partial charge in [0.05, 0.1) is 11.1 Å². The van der Waals surface area contributed by atoms with Crippen molar-refractivity contribution in [1.29, 1.82) is 0 Å². The summed E-state index contributed by atoms with van der Waals surface area (Å²) in [4.78, 5) is 28.4. The van der Waals surface area contributed by atoms with Crippen molar-refractivity contribution in [2.45, 2.75) is 0 Å². The van der Waals surface area contributed by atoms with E-state index < -0.39 is 0 Å². The van der Waals surface area contributed by atoms with Crippen LogP contribution < -0.4 is 0 Å². The molecule has 3 rings (SSSR count). The summed E-state index contributed by atoms with van der Waals surface area (Å²) in [6.07, 6.45) is 0. The summed E-state index contributed by atoms with van der Waals surface area (Å²) in [5.74, 6) is -0.700. The predicted molar refractivity (Wildman–Crippen MR) is 103 cm³/mol. The van der Waals surface area contributed by atoms with E-state index in [-0.39, 0.29) is 34.4 Å². The van der Waals surface area contributed by atoms with Gasteiger partial charge in [-0.05, 0) is 36.4 Å². The molecule has 0 unspecified atom stereocenters. The Kier molecular flexibility index (Phi) is 5.52. The Morgan fingerprint density at radius 3 is 1.42 bits per heavy atom. The SMILES string of the molecule is O=C(c1cc(Br)ccc1O)N1CCN(C(=O)c2cc(Br)ccc2O)CC1. The fourth-order valence-electron chi connectivity index (χ4n) is 2.81. The van der Waals surface area contributed by atoms with Crippen molar-refractivity contribution in [1.82, 2.24) is 9.80 Å². The number of rotatable bonds is 2. The van der Waals surface area contributed by atoms with E-state index >= 15 is 0 Å². The quantitative estimate of drug-likeness (QED) is 0.687. The molecule has 0 aliphatic carbocycles. The average Bonchev–Trinajstić information content (AvgIpc) is 2.64.